The van der Waals surface area contributed by atoms with Crippen molar-refractivity contribution in [1.82, 2.24) is 4.98 Å². The van der Waals surface area contributed by atoms with Crippen molar-refractivity contribution >= 4 is 32.8 Å². The van der Waals surface area contributed by atoms with Crippen LogP contribution in [0.5, 0.6) is 5.75 Å². The van der Waals surface area contributed by atoms with Crippen LogP contribution in [0.2, 0.25) is 0 Å². The Morgan fingerprint density at radius 2 is 2.13 bits per heavy atom. The van der Waals surface area contributed by atoms with E-state index >= 15 is 0 Å². The number of nitrogens with one attached hydrogen (secondary N) is 1. The number of aromatic amines is 1. The highest BCUT2D eigenvalue weighted by atomic mass is 79.9. The summed E-state index contributed by atoms with van der Waals surface area (Å²) in [6.45, 7) is 1.66. The zero-order valence-corrected chi connectivity index (χ0v) is 9.42. The van der Waals surface area contributed by atoms with Crippen molar-refractivity contribution in [3.63, 3.8) is 0 Å². The van der Waals surface area contributed by atoms with Crippen molar-refractivity contribution in [2.45, 2.75) is 6.92 Å². The number of halogens is 1. The van der Waals surface area contributed by atoms with Crippen LogP contribution in [0.3, 0.4) is 0 Å². The molecule has 4 nitrogen and oxygen atoms in total. The number of aryl methyl sites for hydroxylation is 1. The molecular weight excluding hydrogens is 262 g/mol. The lowest BCUT2D eigenvalue weighted by atomic mass is 10.1. The average Bonchev–Trinajstić information content (AvgIpc) is 2.49. The van der Waals surface area contributed by atoms with Crippen molar-refractivity contribution in [1.29, 1.82) is 0 Å². The minimum Gasteiger partial charge on any atom is -0.506 e. The maximum Gasteiger partial charge on any atom is 0.338 e. The Kier molecular flexibility index (Phi) is 2.19. The summed E-state index contributed by atoms with van der Waals surface area (Å²) in [5, 5.41) is 19.1. The monoisotopic (exact) mass is 269 g/mol. The molecule has 0 radical (unpaired) electrons. The number of carbonyl (C=O) groups is 1. The van der Waals surface area contributed by atoms with E-state index in [0.717, 1.165) is 0 Å². The molecule has 0 aliphatic heterocycles. The first-order valence-corrected chi connectivity index (χ1v) is 5.04. The van der Waals surface area contributed by atoms with Gasteiger partial charge in [0.05, 0.1) is 20.9 Å². The first-order chi connectivity index (χ1) is 7.02. The molecule has 2 aromatic rings. The van der Waals surface area contributed by atoms with E-state index in [-0.39, 0.29) is 11.3 Å². The fourth-order valence-corrected chi connectivity index (χ4v) is 1.97. The fraction of sp³-hybridized carbons (Fsp3) is 0.100. The van der Waals surface area contributed by atoms with Crippen LogP contribution in [0.4, 0.5) is 0 Å². The van der Waals surface area contributed by atoms with Gasteiger partial charge in [0.2, 0.25) is 0 Å². The number of rotatable bonds is 1. The van der Waals surface area contributed by atoms with Gasteiger partial charge in [-0.25, -0.2) is 4.79 Å². The highest BCUT2D eigenvalue weighted by Crippen LogP contribution is 2.35. The van der Waals surface area contributed by atoms with Crippen LogP contribution in [0.25, 0.3) is 10.9 Å². The number of fused-ring (bicyclic) bond motifs is 1. The number of benzene rings is 1. The molecule has 3 N–H and O–H groups in total. The molecule has 0 atom stereocenters. The van der Waals surface area contributed by atoms with E-state index < -0.39 is 5.97 Å². The summed E-state index contributed by atoms with van der Waals surface area (Å²) in [6.07, 6.45) is 0. The number of hydrogen-bond donors (Lipinski definition) is 3. The van der Waals surface area contributed by atoms with E-state index in [0.29, 0.717) is 21.1 Å². The predicted molar refractivity (Wildman–Crippen MR) is 59.4 cm³/mol. The van der Waals surface area contributed by atoms with Crippen molar-refractivity contribution in [3.8, 4) is 5.75 Å². The quantitative estimate of drug-likeness (QED) is 0.745. The van der Waals surface area contributed by atoms with Crippen LogP contribution in [0, 0.1) is 6.92 Å². The molecule has 2 rings (SSSR count). The van der Waals surface area contributed by atoms with Crippen LogP contribution in [-0.2, 0) is 0 Å². The molecule has 0 fully saturated rings. The lowest BCUT2D eigenvalue weighted by Crippen LogP contribution is -1.97. The van der Waals surface area contributed by atoms with Crippen molar-refractivity contribution in [3.05, 3.63) is 27.9 Å². The number of aromatic hydroxyl groups is 1. The molecule has 5 heteroatoms. The second-order valence-corrected chi connectivity index (χ2v) is 4.10. The Hall–Kier alpha value is -1.49. The Labute approximate surface area is 93.7 Å². The Bertz CT molecular complexity index is 559. The molecule has 15 heavy (non-hydrogen) atoms. The Morgan fingerprint density at radius 3 is 2.73 bits per heavy atom. The van der Waals surface area contributed by atoms with Gasteiger partial charge in [-0.3, -0.25) is 0 Å². The zero-order valence-electron chi connectivity index (χ0n) is 7.84. The number of carboxylic acids is 1. The number of aromatic nitrogens is 1. The highest BCUT2D eigenvalue weighted by Gasteiger charge is 2.19. The van der Waals surface area contributed by atoms with Gasteiger partial charge in [-0.2, -0.15) is 0 Å². The first kappa shape index (κ1) is 10.0. The van der Waals surface area contributed by atoms with Crippen molar-refractivity contribution in [2.75, 3.05) is 0 Å². The van der Waals surface area contributed by atoms with Crippen LogP contribution in [0.15, 0.2) is 16.6 Å². The van der Waals surface area contributed by atoms with E-state index in [1.54, 1.807) is 19.1 Å². The second-order valence-electron chi connectivity index (χ2n) is 3.25. The van der Waals surface area contributed by atoms with Crippen LogP contribution >= 0.6 is 15.9 Å². The van der Waals surface area contributed by atoms with E-state index in [9.17, 15) is 9.90 Å². The molecule has 0 saturated heterocycles. The summed E-state index contributed by atoms with van der Waals surface area (Å²) >= 11 is 3.15. The van der Waals surface area contributed by atoms with E-state index in [1.807, 2.05) is 0 Å². The lowest BCUT2D eigenvalue weighted by molar-refractivity contribution is 0.0698. The number of phenols is 1. The normalized spacial score (nSPS) is 10.8. The third-order valence-electron chi connectivity index (χ3n) is 2.29. The van der Waals surface area contributed by atoms with Gasteiger partial charge < -0.3 is 15.2 Å². The second kappa shape index (κ2) is 3.27. The highest BCUT2D eigenvalue weighted by molar-refractivity contribution is 9.10. The topological polar surface area (TPSA) is 73.3 Å². The number of phenolic OH excluding ortho intramolecular Hbond substituents is 1. The number of hydrogen-bond acceptors (Lipinski definition) is 2. The first-order valence-electron chi connectivity index (χ1n) is 4.25. The Balaban J connectivity index is 2.96. The summed E-state index contributed by atoms with van der Waals surface area (Å²) in [5.74, 6) is -1.10. The Morgan fingerprint density at radius 1 is 1.47 bits per heavy atom. The molecule has 1 aromatic heterocycles. The molecule has 0 aliphatic rings. The molecule has 0 spiro atoms. The van der Waals surface area contributed by atoms with E-state index in [2.05, 4.69) is 20.9 Å². The molecule has 0 unspecified atom stereocenters. The van der Waals surface area contributed by atoms with Gasteiger partial charge >= 0.3 is 5.97 Å². The minimum atomic E-state index is -1.05. The maximum atomic E-state index is 11.0. The molecule has 0 amide bonds. The third-order valence-corrected chi connectivity index (χ3v) is 2.93. The minimum absolute atomic E-state index is 0.0470. The fourth-order valence-electron chi connectivity index (χ4n) is 1.64. The molecule has 0 bridgehead atoms. The van der Waals surface area contributed by atoms with Gasteiger partial charge in [0.15, 0.2) is 0 Å². The van der Waals surface area contributed by atoms with Crippen LogP contribution in [-0.4, -0.2) is 21.2 Å². The third kappa shape index (κ3) is 1.39. The average molecular weight is 270 g/mol. The standard InChI is InChI=1S/C10H8BrNO3/c1-4-7(10(14)15)8-6(12-4)3-2-5(11)9(8)13/h2-3,12-13H,1H3,(H,14,15). The van der Waals surface area contributed by atoms with Gasteiger partial charge in [0.25, 0.3) is 0 Å². The van der Waals surface area contributed by atoms with E-state index in [1.165, 1.54) is 0 Å². The number of carboxylic acid groups (broad SMARTS) is 1. The van der Waals surface area contributed by atoms with Crippen molar-refractivity contribution < 1.29 is 15.0 Å². The number of H-pyrrole nitrogens is 1. The number of aromatic carboxylic acids is 1. The summed E-state index contributed by atoms with van der Waals surface area (Å²) in [6, 6.07) is 3.39. The van der Waals surface area contributed by atoms with Gasteiger partial charge in [-0.05, 0) is 35.0 Å². The molecule has 1 aromatic carbocycles. The molecule has 78 valence electrons. The van der Waals surface area contributed by atoms with Gasteiger partial charge in [-0.15, -0.1) is 0 Å². The largest absolute Gasteiger partial charge is 0.506 e. The summed E-state index contributed by atoms with van der Waals surface area (Å²) in [7, 11) is 0. The molecule has 0 saturated carbocycles. The summed E-state index contributed by atoms with van der Waals surface area (Å²) in [4.78, 5) is 13.9. The smallest absolute Gasteiger partial charge is 0.338 e. The van der Waals surface area contributed by atoms with E-state index in [4.69, 9.17) is 5.11 Å². The zero-order chi connectivity index (χ0) is 11.2. The SMILES string of the molecule is Cc1[nH]c2ccc(Br)c(O)c2c1C(=O)O. The van der Waals surface area contributed by atoms with Crippen molar-refractivity contribution in [2.24, 2.45) is 0 Å². The van der Waals surface area contributed by atoms with Crippen LogP contribution in [0.1, 0.15) is 16.1 Å². The summed E-state index contributed by atoms with van der Waals surface area (Å²) in [5.41, 5.74) is 1.26. The lowest BCUT2D eigenvalue weighted by Gasteiger charge is -1.99. The van der Waals surface area contributed by atoms with Crippen LogP contribution < -0.4 is 0 Å². The molecule has 1 heterocycles. The van der Waals surface area contributed by atoms with Gasteiger partial charge in [0.1, 0.15) is 5.75 Å². The maximum absolute atomic E-state index is 11.0. The predicted octanol–water partition coefficient (Wildman–Crippen LogP) is 2.64. The van der Waals surface area contributed by atoms with Gasteiger partial charge in [0, 0.05) is 5.69 Å². The molecule has 0 aliphatic carbocycles. The molecular formula is C10H8BrNO3. The summed E-state index contributed by atoms with van der Waals surface area (Å²) < 4.78 is 0.483. The van der Waals surface area contributed by atoms with Gasteiger partial charge in [-0.1, -0.05) is 0 Å².